The first-order chi connectivity index (χ1) is 9.03. The van der Waals surface area contributed by atoms with Gasteiger partial charge in [-0.1, -0.05) is 6.07 Å². The van der Waals surface area contributed by atoms with E-state index in [0.29, 0.717) is 0 Å². The van der Waals surface area contributed by atoms with Gasteiger partial charge in [0.2, 0.25) is 10.0 Å². The summed E-state index contributed by atoms with van der Waals surface area (Å²) in [7, 11) is -2.03. The molecule has 1 unspecified atom stereocenters. The minimum atomic E-state index is -3.42. The van der Waals surface area contributed by atoms with E-state index in [4.69, 9.17) is 4.42 Å². The number of rotatable bonds is 5. The van der Waals surface area contributed by atoms with E-state index in [1.807, 2.05) is 19.1 Å². The molecule has 0 fully saturated rings. The number of anilines is 1. The van der Waals surface area contributed by atoms with Gasteiger partial charge in [0.1, 0.15) is 0 Å². The molecule has 0 saturated carbocycles. The van der Waals surface area contributed by atoms with E-state index in [9.17, 15) is 8.42 Å². The van der Waals surface area contributed by atoms with Gasteiger partial charge in [-0.15, -0.1) is 0 Å². The molecule has 1 heterocycles. The van der Waals surface area contributed by atoms with Crippen LogP contribution in [0.25, 0.3) is 0 Å². The largest absolute Gasteiger partial charge is 0.472 e. The van der Waals surface area contributed by atoms with Crippen molar-refractivity contribution in [3.05, 3.63) is 48.4 Å². The third-order valence-corrected chi connectivity index (χ3v) is 4.25. The van der Waals surface area contributed by atoms with Crippen LogP contribution in [0, 0.1) is 0 Å². The lowest BCUT2D eigenvalue weighted by atomic mass is 10.1. The van der Waals surface area contributed by atoms with Crippen molar-refractivity contribution in [3.8, 4) is 0 Å². The maximum absolute atomic E-state index is 11.7. The van der Waals surface area contributed by atoms with Crippen molar-refractivity contribution in [2.45, 2.75) is 17.9 Å². The standard InChI is InChI=1S/C13H16N2O3S/c1-10(11-6-7-18-9-11)15-12-4-3-5-13(8-12)19(16,17)14-2/h3-10,14-15H,1-2H3. The zero-order chi connectivity index (χ0) is 13.9. The number of hydrogen-bond acceptors (Lipinski definition) is 4. The second-order valence-corrected chi connectivity index (χ2v) is 6.04. The highest BCUT2D eigenvalue weighted by molar-refractivity contribution is 7.89. The molecule has 0 aliphatic heterocycles. The fourth-order valence-corrected chi connectivity index (χ4v) is 2.50. The Labute approximate surface area is 112 Å². The van der Waals surface area contributed by atoms with Crippen LogP contribution < -0.4 is 10.0 Å². The SMILES string of the molecule is CNS(=O)(=O)c1cccc(NC(C)c2ccoc2)c1. The van der Waals surface area contributed by atoms with Crippen LogP contribution in [0.4, 0.5) is 5.69 Å². The van der Waals surface area contributed by atoms with Gasteiger partial charge in [0, 0.05) is 11.3 Å². The molecule has 0 bridgehead atoms. The van der Waals surface area contributed by atoms with Crippen LogP contribution in [0.3, 0.4) is 0 Å². The van der Waals surface area contributed by atoms with E-state index in [1.165, 1.54) is 7.05 Å². The lowest BCUT2D eigenvalue weighted by molar-refractivity contribution is 0.562. The Morgan fingerprint density at radius 2 is 2.05 bits per heavy atom. The van der Waals surface area contributed by atoms with Crippen LogP contribution in [0.1, 0.15) is 18.5 Å². The Kier molecular flexibility index (Phi) is 3.92. The van der Waals surface area contributed by atoms with Crippen LogP contribution >= 0.6 is 0 Å². The first kappa shape index (κ1) is 13.6. The summed E-state index contributed by atoms with van der Waals surface area (Å²) in [5.41, 5.74) is 1.74. The van der Waals surface area contributed by atoms with E-state index < -0.39 is 10.0 Å². The predicted octanol–water partition coefficient (Wildman–Crippen LogP) is 2.36. The van der Waals surface area contributed by atoms with Crippen LogP contribution in [0.2, 0.25) is 0 Å². The molecule has 6 heteroatoms. The maximum Gasteiger partial charge on any atom is 0.240 e. The number of furan rings is 1. The van der Waals surface area contributed by atoms with Crippen molar-refractivity contribution in [2.75, 3.05) is 12.4 Å². The number of hydrogen-bond donors (Lipinski definition) is 2. The molecule has 0 aliphatic rings. The summed E-state index contributed by atoms with van der Waals surface area (Å²) in [5, 5.41) is 3.23. The second-order valence-electron chi connectivity index (χ2n) is 4.16. The molecule has 19 heavy (non-hydrogen) atoms. The minimum Gasteiger partial charge on any atom is -0.472 e. The molecule has 0 saturated heterocycles. The number of nitrogens with one attached hydrogen (secondary N) is 2. The molecule has 1 aromatic heterocycles. The third-order valence-electron chi connectivity index (χ3n) is 2.84. The minimum absolute atomic E-state index is 0.0336. The van der Waals surface area contributed by atoms with Gasteiger partial charge in [-0.05, 0) is 38.2 Å². The molecular weight excluding hydrogens is 264 g/mol. The van der Waals surface area contributed by atoms with Gasteiger partial charge in [-0.25, -0.2) is 13.1 Å². The average Bonchev–Trinajstić information content (AvgIpc) is 2.93. The number of benzene rings is 1. The van der Waals surface area contributed by atoms with Crippen LogP contribution in [-0.2, 0) is 10.0 Å². The summed E-state index contributed by atoms with van der Waals surface area (Å²) in [6.07, 6.45) is 3.27. The highest BCUT2D eigenvalue weighted by Crippen LogP contribution is 2.21. The molecule has 2 N–H and O–H groups in total. The first-order valence-electron chi connectivity index (χ1n) is 5.85. The molecule has 102 valence electrons. The summed E-state index contributed by atoms with van der Waals surface area (Å²) in [6, 6.07) is 8.58. The van der Waals surface area contributed by atoms with E-state index in [2.05, 4.69) is 10.0 Å². The Hall–Kier alpha value is -1.79. The van der Waals surface area contributed by atoms with Crippen molar-refractivity contribution >= 4 is 15.7 Å². The summed E-state index contributed by atoms with van der Waals surface area (Å²) < 4.78 is 30.7. The zero-order valence-electron chi connectivity index (χ0n) is 10.8. The van der Waals surface area contributed by atoms with Gasteiger partial charge in [0.25, 0.3) is 0 Å². The van der Waals surface area contributed by atoms with Crippen molar-refractivity contribution in [1.82, 2.24) is 4.72 Å². The third kappa shape index (κ3) is 3.15. The molecule has 0 amide bonds. The number of sulfonamides is 1. The zero-order valence-corrected chi connectivity index (χ0v) is 11.6. The molecule has 5 nitrogen and oxygen atoms in total. The Morgan fingerprint density at radius 1 is 1.26 bits per heavy atom. The molecule has 2 aromatic rings. The van der Waals surface area contributed by atoms with Crippen LogP contribution in [-0.4, -0.2) is 15.5 Å². The van der Waals surface area contributed by atoms with Crippen molar-refractivity contribution < 1.29 is 12.8 Å². The molecule has 2 rings (SSSR count). The van der Waals surface area contributed by atoms with Crippen molar-refractivity contribution in [3.63, 3.8) is 0 Å². The summed E-state index contributed by atoms with van der Waals surface area (Å²) in [5.74, 6) is 0. The smallest absolute Gasteiger partial charge is 0.240 e. The average molecular weight is 280 g/mol. The van der Waals surface area contributed by atoms with Gasteiger partial charge in [-0.3, -0.25) is 0 Å². The molecule has 0 radical (unpaired) electrons. The predicted molar refractivity (Wildman–Crippen MR) is 73.4 cm³/mol. The quantitative estimate of drug-likeness (QED) is 0.882. The van der Waals surface area contributed by atoms with Crippen molar-refractivity contribution in [1.29, 1.82) is 0 Å². The van der Waals surface area contributed by atoms with E-state index in [0.717, 1.165) is 11.3 Å². The van der Waals surface area contributed by atoms with E-state index in [-0.39, 0.29) is 10.9 Å². The first-order valence-corrected chi connectivity index (χ1v) is 7.33. The summed E-state index contributed by atoms with van der Waals surface area (Å²) >= 11 is 0. The lowest BCUT2D eigenvalue weighted by Crippen LogP contribution is -2.18. The van der Waals surface area contributed by atoms with Gasteiger partial charge >= 0.3 is 0 Å². The normalized spacial score (nSPS) is 13.2. The van der Waals surface area contributed by atoms with E-state index in [1.54, 1.807) is 30.7 Å². The fraction of sp³-hybridized carbons (Fsp3) is 0.231. The molecule has 0 spiro atoms. The molecule has 1 atom stereocenters. The highest BCUT2D eigenvalue weighted by Gasteiger charge is 2.12. The fourth-order valence-electron chi connectivity index (χ4n) is 1.73. The monoisotopic (exact) mass is 280 g/mol. The molecular formula is C13H16N2O3S. The Morgan fingerprint density at radius 3 is 2.68 bits per heavy atom. The topological polar surface area (TPSA) is 71.3 Å². The second kappa shape index (κ2) is 5.46. The van der Waals surface area contributed by atoms with Gasteiger partial charge < -0.3 is 9.73 Å². The van der Waals surface area contributed by atoms with E-state index >= 15 is 0 Å². The van der Waals surface area contributed by atoms with Gasteiger partial charge in [-0.2, -0.15) is 0 Å². The maximum atomic E-state index is 11.7. The molecule has 1 aromatic carbocycles. The highest BCUT2D eigenvalue weighted by atomic mass is 32.2. The Bertz CT molecular complexity index is 636. The van der Waals surface area contributed by atoms with Gasteiger partial charge in [0.15, 0.2) is 0 Å². The summed E-state index contributed by atoms with van der Waals surface area (Å²) in [6.45, 7) is 1.98. The summed E-state index contributed by atoms with van der Waals surface area (Å²) in [4.78, 5) is 0.236. The van der Waals surface area contributed by atoms with Crippen molar-refractivity contribution in [2.24, 2.45) is 0 Å². The molecule has 0 aliphatic carbocycles. The van der Waals surface area contributed by atoms with Gasteiger partial charge in [0.05, 0.1) is 23.5 Å². The van der Waals surface area contributed by atoms with Crippen LogP contribution in [0.15, 0.2) is 52.2 Å². The Balaban J connectivity index is 2.20. The lowest BCUT2D eigenvalue weighted by Gasteiger charge is -2.14. The van der Waals surface area contributed by atoms with Crippen LogP contribution in [0.5, 0.6) is 0 Å².